The molecule has 0 aromatic heterocycles. The summed E-state index contributed by atoms with van der Waals surface area (Å²) >= 11 is 0. The summed E-state index contributed by atoms with van der Waals surface area (Å²) in [5.41, 5.74) is 0.991. The van der Waals surface area contributed by atoms with Crippen LogP contribution < -0.4 is 4.74 Å². The molecule has 0 aliphatic carbocycles. The maximum Gasteiger partial charge on any atom is 0.310 e. The van der Waals surface area contributed by atoms with Crippen LogP contribution in [0.4, 0.5) is 5.69 Å². The van der Waals surface area contributed by atoms with E-state index in [0.717, 1.165) is 12.0 Å². The molecule has 0 aliphatic heterocycles. The Kier molecular flexibility index (Phi) is 3.45. The van der Waals surface area contributed by atoms with Crippen molar-refractivity contribution in [3.05, 3.63) is 33.9 Å². The first-order valence-electron chi connectivity index (χ1n) is 4.53. The Morgan fingerprint density at radius 1 is 1.50 bits per heavy atom. The van der Waals surface area contributed by atoms with E-state index in [0.29, 0.717) is 12.4 Å². The van der Waals surface area contributed by atoms with Crippen LogP contribution in [-0.4, -0.2) is 11.5 Å². The van der Waals surface area contributed by atoms with E-state index in [2.05, 4.69) is 0 Å². The lowest BCUT2D eigenvalue weighted by atomic mass is 10.2. The molecule has 0 saturated heterocycles. The van der Waals surface area contributed by atoms with E-state index in [9.17, 15) is 10.1 Å². The molecule has 4 heteroatoms. The van der Waals surface area contributed by atoms with Crippen LogP contribution in [0.15, 0.2) is 18.2 Å². The van der Waals surface area contributed by atoms with E-state index in [-0.39, 0.29) is 5.69 Å². The van der Waals surface area contributed by atoms with Crippen LogP contribution in [0.1, 0.15) is 18.9 Å². The molecule has 0 amide bonds. The van der Waals surface area contributed by atoms with Crippen molar-refractivity contribution < 1.29 is 9.66 Å². The highest BCUT2D eigenvalue weighted by Crippen LogP contribution is 2.27. The van der Waals surface area contributed by atoms with Crippen molar-refractivity contribution in [2.75, 3.05) is 6.61 Å². The summed E-state index contributed by atoms with van der Waals surface area (Å²) in [5.74, 6) is 0.358. The predicted molar refractivity (Wildman–Crippen MR) is 53.6 cm³/mol. The molecule has 0 radical (unpaired) electrons. The molecule has 0 aliphatic rings. The highest BCUT2D eigenvalue weighted by Gasteiger charge is 2.13. The molecule has 0 saturated carbocycles. The van der Waals surface area contributed by atoms with Crippen LogP contribution in [0.5, 0.6) is 5.75 Å². The fraction of sp³-hybridized carbons (Fsp3) is 0.400. The molecular formula is C10H13NO3. The maximum atomic E-state index is 10.6. The standard InChI is InChI=1S/C10H13NO3/c1-3-6-14-10-7-8(2)4-5-9(10)11(12)13/h4-5,7H,3,6H2,1-2H3. The number of rotatable bonds is 4. The van der Waals surface area contributed by atoms with E-state index in [1.807, 2.05) is 13.8 Å². The third-order valence-corrected chi connectivity index (χ3v) is 1.77. The molecule has 0 bridgehead atoms. The van der Waals surface area contributed by atoms with E-state index in [1.54, 1.807) is 12.1 Å². The first kappa shape index (κ1) is 10.5. The minimum absolute atomic E-state index is 0.0315. The quantitative estimate of drug-likeness (QED) is 0.548. The first-order valence-corrected chi connectivity index (χ1v) is 4.53. The lowest BCUT2D eigenvalue weighted by molar-refractivity contribution is -0.385. The summed E-state index contributed by atoms with van der Waals surface area (Å²) in [6, 6.07) is 4.87. The molecule has 4 nitrogen and oxygen atoms in total. The molecular weight excluding hydrogens is 182 g/mol. The van der Waals surface area contributed by atoms with Gasteiger partial charge in [-0.2, -0.15) is 0 Å². The second kappa shape index (κ2) is 4.60. The summed E-state index contributed by atoms with van der Waals surface area (Å²) in [5, 5.41) is 10.6. The van der Waals surface area contributed by atoms with Crippen LogP contribution in [0.3, 0.4) is 0 Å². The third kappa shape index (κ3) is 2.45. The summed E-state index contributed by atoms with van der Waals surface area (Å²) in [6.45, 7) is 4.34. The normalized spacial score (nSPS) is 9.86. The minimum Gasteiger partial charge on any atom is -0.487 e. The summed E-state index contributed by atoms with van der Waals surface area (Å²) < 4.78 is 5.29. The van der Waals surface area contributed by atoms with Crippen molar-refractivity contribution in [1.29, 1.82) is 0 Å². The van der Waals surface area contributed by atoms with Crippen molar-refractivity contribution in [3.8, 4) is 5.75 Å². The SMILES string of the molecule is CCCOc1cc(C)ccc1[N+](=O)[O-]. The molecule has 1 aromatic carbocycles. The van der Waals surface area contributed by atoms with E-state index in [4.69, 9.17) is 4.74 Å². The van der Waals surface area contributed by atoms with Gasteiger partial charge in [-0.05, 0) is 25.0 Å². The van der Waals surface area contributed by atoms with E-state index < -0.39 is 4.92 Å². The van der Waals surface area contributed by atoms with Crippen LogP contribution in [0.2, 0.25) is 0 Å². The summed E-state index contributed by atoms with van der Waals surface area (Å²) in [6.07, 6.45) is 0.838. The Hall–Kier alpha value is -1.58. The Bertz CT molecular complexity index is 336. The molecule has 1 rings (SSSR count). The number of nitrogens with zero attached hydrogens (tertiary/aromatic N) is 1. The zero-order valence-electron chi connectivity index (χ0n) is 8.32. The number of hydrogen-bond donors (Lipinski definition) is 0. The van der Waals surface area contributed by atoms with Crippen LogP contribution in [0.25, 0.3) is 0 Å². The zero-order chi connectivity index (χ0) is 10.6. The summed E-state index contributed by atoms with van der Waals surface area (Å²) in [4.78, 5) is 10.2. The van der Waals surface area contributed by atoms with Gasteiger partial charge in [0.05, 0.1) is 11.5 Å². The van der Waals surface area contributed by atoms with Gasteiger partial charge in [-0.15, -0.1) is 0 Å². The molecule has 0 atom stereocenters. The average Bonchev–Trinajstić information content (AvgIpc) is 2.14. The zero-order valence-corrected chi connectivity index (χ0v) is 8.32. The molecule has 76 valence electrons. The van der Waals surface area contributed by atoms with Gasteiger partial charge in [-0.25, -0.2) is 0 Å². The highest BCUT2D eigenvalue weighted by atomic mass is 16.6. The van der Waals surface area contributed by atoms with Crippen molar-refractivity contribution in [1.82, 2.24) is 0 Å². The van der Waals surface area contributed by atoms with Crippen LogP contribution in [-0.2, 0) is 0 Å². The van der Waals surface area contributed by atoms with Gasteiger partial charge in [0.25, 0.3) is 0 Å². The number of nitro groups is 1. The van der Waals surface area contributed by atoms with Gasteiger partial charge in [-0.1, -0.05) is 13.0 Å². The van der Waals surface area contributed by atoms with Crippen LogP contribution in [0, 0.1) is 17.0 Å². The van der Waals surface area contributed by atoms with Crippen molar-refractivity contribution >= 4 is 5.69 Å². The fourth-order valence-corrected chi connectivity index (χ4v) is 1.10. The highest BCUT2D eigenvalue weighted by molar-refractivity contribution is 5.48. The van der Waals surface area contributed by atoms with E-state index >= 15 is 0 Å². The number of aryl methyl sites for hydroxylation is 1. The van der Waals surface area contributed by atoms with Gasteiger partial charge in [0, 0.05) is 6.07 Å². The Morgan fingerprint density at radius 3 is 2.79 bits per heavy atom. The predicted octanol–water partition coefficient (Wildman–Crippen LogP) is 2.69. The largest absolute Gasteiger partial charge is 0.487 e. The Morgan fingerprint density at radius 2 is 2.21 bits per heavy atom. The monoisotopic (exact) mass is 195 g/mol. The van der Waals surface area contributed by atoms with Crippen molar-refractivity contribution in [2.45, 2.75) is 20.3 Å². The second-order valence-corrected chi connectivity index (χ2v) is 3.08. The third-order valence-electron chi connectivity index (χ3n) is 1.77. The minimum atomic E-state index is -0.426. The molecule has 14 heavy (non-hydrogen) atoms. The number of benzene rings is 1. The molecule has 0 spiro atoms. The van der Waals surface area contributed by atoms with Crippen LogP contribution >= 0.6 is 0 Å². The Balaban J connectivity index is 2.97. The topological polar surface area (TPSA) is 52.4 Å². The first-order chi connectivity index (χ1) is 6.65. The maximum absolute atomic E-state index is 10.6. The molecule has 0 fully saturated rings. The van der Waals surface area contributed by atoms with E-state index in [1.165, 1.54) is 6.07 Å². The number of hydrogen-bond acceptors (Lipinski definition) is 3. The molecule has 0 N–H and O–H groups in total. The lowest BCUT2D eigenvalue weighted by Crippen LogP contribution is -1.99. The molecule has 1 aromatic rings. The fourth-order valence-electron chi connectivity index (χ4n) is 1.10. The number of ether oxygens (including phenoxy) is 1. The van der Waals surface area contributed by atoms with Gasteiger partial charge in [0.15, 0.2) is 5.75 Å². The molecule has 0 unspecified atom stereocenters. The van der Waals surface area contributed by atoms with Crippen molar-refractivity contribution in [3.63, 3.8) is 0 Å². The number of nitro benzene ring substituents is 1. The summed E-state index contributed by atoms with van der Waals surface area (Å²) in [7, 11) is 0. The van der Waals surface area contributed by atoms with Gasteiger partial charge in [0.2, 0.25) is 0 Å². The van der Waals surface area contributed by atoms with Gasteiger partial charge >= 0.3 is 5.69 Å². The lowest BCUT2D eigenvalue weighted by Gasteiger charge is -2.05. The van der Waals surface area contributed by atoms with Gasteiger partial charge in [0.1, 0.15) is 0 Å². The van der Waals surface area contributed by atoms with Crippen molar-refractivity contribution in [2.24, 2.45) is 0 Å². The smallest absolute Gasteiger partial charge is 0.310 e. The second-order valence-electron chi connectivity index (χ2n) is 3.08. The average molecular weight is 195 g/mol. The van der Waals surface area contributed by atoms with Gasteiger partial charge < -0.3 is 4.74 Å². The Labute approximate surface area is 82.7 Å². The van der Waals surface area contributed by atoms with Gasteiger partial charge in [-0.3, -0.25) is 10.1 Å². The molecule has 0 heterocycles.